The molecule has 344 valence electrons. The number of allylic oxidation sites excluding steroid dienone is 14. The maximum Gasteiger partial charge on any atom is 0.472 e. The van der Waals surface area contributed by atoms with Crippen molar-refractivity contribution >= 4 is 13.8 Å². The fraction of sp³-hybridized carbons (Fsp3) is 0.681. The number of carbonyl (C=O) groups is 1. The van der Waals surface area contributed by atoms with Gasteiger partial charge in [0.05, 0.1) is 13.2 Å². The number of esters is 1. The maximum atomic E-state index is 12.8. The number of ether oxygens (including phenoxy) is 2. The van der Waals surface area contributed by atoms with Crippen LogP contribution in [-0.2, 0) is 27.9 Å². The normalized spacial score (nSPS) is 23.1. The molecule has 1 fully saturated rings. The molecule has 60 heavy (non-hydrogen) atoms. The van der Waals surface area contributed by atoms with Crippen LogP contribution in [0.2, 0.25) is 0 Å². The second-order valence-electron chi connectivity index (χ2n) is 15.2. The van der Waals surface area contributed by atoms with Gasteiger partial charge in [0.2, 0.25) is 0 Å². The summed E-state index contributed by atoms with van der Waals surface area (Å²) in [7, 11) is -5.03. The van der Waals surface area contributed by atoms with E-state index in [2.05, 4.69) is 98.9 Å². The van der Waals surface area contributed by atoms with Crippen molar-refractivity contribution in [2.45, 2.75) is 185 Å². The fourth-order valence-corrected chi connectivity index (χ4v) is 7.16. The minimum atomic E-state index is -5.03. The molecule has 0 heterocycles. The largest absolute Gasteiger partial charge is 0.472 e. The van der Waals surface area contributed by atoms with Crippen molar-refractivity contribution in [3.8, 4) is 0 Å². The van der Waals surface area contributed by atoms with Crippen LogP contribution in [0.25, 0.3) is 0 Å². The van der Waals surface area contributed by atoms with Crippen molar-refractivity contribution in [2.24, 2.45) is 0 Å². The van der Waals surface area contributed by atoms with Crippen LogP contribution in [0, 0.1) is 0 Å². The number of unbranched alkanes of at least 4 members (excludes halogenated alkanes) is 10. The van der Waals surface area contributed by atoms with E-state index < -0.39 is 63.1 Å². The first-order chi connectivity index (χ1) is 29.0. The average Bonchev–Trinajstić information content (AvgIpc) is 3.23. The van der Waals surface area contributed by atoms with Gasteiger partial charge >= 0.3 is 13.8 Å². The zero-order valence-electron chi connectivity index (χ0n) is 36.5. The highest BCUT2D eigenvalue weighted by Gasteiger charge is 2.51. The summed E-state index contributed by atoms with van der Waals surface area (Å²) in [6.07, 6.45) is 36.5. The predicted molar refractivity (Wildman–Crippen MR) is 239 cm³/mol. The molecule has 12 nitrogen and oxygen atoms in total. The summed E-state index contributed by atoms with van der Waals surface area (Å²) in [5, 5.41) is 50.1. The van der Waals surface area contributed by atoms with E-state index in [0.29, 0.717) is 13.0 Å². The minimum Gasteiger partial charge on any atom is -0.457 e. The molecule has 0 amide bonds. The van der Waals surface area contributed by atoms with Gasteiger partial charge in [0.25, 0.3) is 0 Å². The predicted octanol–water partition coefficient (Wildman–Crippen LogP) is 8.97. The Kier molecular flexibility index (Phi) is 34.3. The van der Waals surface area contributed by atoms with Crippen molar-refractivity contribution in [2.75, 3.05) is 19.8 Å². The van der Waals surface area contributed by atoms with Crippen LogP contribution in [0.4, 0.5) is 0 Å². The Bertz CT molecular complexity index is 1310. The minimum absolute atomic E-state index is 0.103. The van der Waals surface area contributed by atoms with Gasteiger partial charge in [-0.2, -0.15) is 0 Å². The summed E-state index contributed by atoms with van der Waals surface area (Å²) in [6, 6.07) is 0. The molecule has 1 saturated carbocycles. The third-order valence-electron chi connectivity index (χ3n) is 9.73. The van der Waals surface area contributed by atoms with Crippen molar-refractivity contribution < 1.29 is 58.3 Å². The Hall–Kier alpha value is -2.48. The van der Waals surface area contributed by atoms with E-state index in [-0.39, 0.29) is 13.0 Å². The van der Waals surface area contributed by atoms with Crippen LogP contribution in [0.1, 0.15) is 142 Å². The number of aliphatic hydroxyl groups excluding tert-OH is 5. The fourth-order valence-electron chi connectivity index (χ4n) is 6.18. The Balaban J connectivity index is 2.45. The molecule has 1 aliphatic carbocycles. The van der Waals surface area contributed by atoms with Gasteiger partial charge < -0.3 is 39.9 Å². The Labute approximate surface area is 361 Å². The lowest BCUT2D eigenvalue weighted by molar-refractivity contribution is -0.220. The molecular weight excluding hydrogens is 787 g/mol. The Morgan fingerprint density at radius 3 is 1.50 bits per heavy atom. The number of carbonyl (C=O) groups excluding carboxylic acids is 1. The summed E-state index contributed by atoms with van der Waals surface area (Å²) in [5.74, 6) is -0.517. The molecule has 0 saturated heterocycles. The zero-order valence-corrected chi connectivity index (χ0v) is 37.4. The number of rotatable bonds is 36. The number of hydrogen-bond acceptors (Lipinski definition) is 11. The zero-order chi connectivity index (χ0) is 44.1. The lowest BCUT2D eigenvalue weighted by atomic mass is 9.85. The third-order valence-corrected chi connectivity index (χ3v) is 10.7. The molecule has 0 aromatic carbocycles. The van der Waals surface area contributed by atoms with E-state index in [0.717, 1.165) is 109 Å². The van der Waals surface area contributed by atoms with Gasteiger partial charge in [0.15, 0.2) is 0 Å². The molecule has 6 N–H and O–H groups in total. The molecule has 0 aromatic heterocycles. The molecule has 0 aromatic rings. The first-order valence-electron chi connectivity index (χ1n) is 22.4. The van der Waals surface area contributed by atoms with Crippen LogP contribution < -0.4 is 0 Å². The van der Waals surface area contributed by atoms with Gasteiger partial charge in [0.1, 0.15) is 42.7 Å². The molecule has 13 heteroatoms. The van der Waals surface area contributed by atoms with E-state index in [9.17, 15) is 39.8 Å². The van der Waals surface area contributed by atoms with Crippen LogP contribution in [0.3, 0.4) is 0 Å². The highest BCUT2D eigenvalue weighted by molar-refractivity contribution is 7.47. The molecule has 1 rings (SSSR count). The third kappa shape index (κ3) is 28.9. The van der Waals surface area contributed by atoms with Gasteiger partial charge in [-0.1, -0.05) is 137 Å². The molecule has 6 unspecified atom stereocenters. The van der Waals surface area contributed by atoms with Crippen molar-refractivity contribution in [1.82, 2.24) is 0 Å². The van der Waals surface area contributed by atoms with Crippen molar-refractivity contribution in [3.05, 3.63) is 85.1 Å². The van der Waals surface area contributed by atoms with Crippen molar-refractivity contribution in [1.29, 1.82) is 0 Å². The van der Waals surface area contributed by atoms with Gasteiger partial charge in [-0.25, -0.2) is 4.57 Å². The van der Waals surface area contributed by atoms with Gasteiger partial charge in [-0.3, -0.25) is 13.8 Å². The number of phosphoric acid groups is 1. The SMILES string of the molecule is CC/C=C\C/C=C\C/C=C\C/C=C\C/C=C\CCCCCC(=O)OC(COCCCCCCCC/C=C\C/C=C\CCC)COP(=O)(O)OC1C(O)C(O)C(O)C(O)C1O. The van der Waals surface area contributed by atoms with Crippen LogP contribution in [-0.4, -0.2) is 98.9 Å². The smallest absolute Gasteiger partial charge is 0.457 e. The summed E-state index contributed by atoms with van der Waals surface area (Å²) < 4.78 is 34.1. The molecule has 1 aliphatic rings. The van der Waals surface area contributed by atoms with E-state index in [1.807, 2.05) is 0 Å². The molecule has 0 radical (unpaired) electrons. The average molecular weight is 867 g/mol. The van der Waals surface area contributed by atoms with Crippen LogP contribution in [0.5, 0.6) is 0 Å². The second kappa shape index (κ2) is 37.1. The Morgan fingerprint density at radius 1 is 0.550 bits per heavy atom. The summed E-state index contributed by atoms with van der Waals surface area (Å²) >= 11 is 0. The van der Waals surface area contributed by atoms with E-state index >= 15 is 0 Å². The first-order valence-corrected chi connectivity index (χ1v) is 23.9. The van der Waals surface area contributed by atoms with Crippen LogP contribution >= 0.6 is 7.82 Å². The number of phosphoric ester groups is 1. The molecule has 0 spiro atoms. The number of aliphatic hydroxyl groups is 5. The molecule has 0 bridgehead atoms. The van der Waals surface area contributed by atoms with E-state index in [1.165, 1.54) is 6.42 Å². The molecule has 0 aliphatic heterocycles. The maximum absolute atomic E-state index is 12.8. The standard InChI is InChI=1S/C47H79O12P/c1-3-5-7-9-11-13-15-17-19-20-21-22-23-24-26-28-30-32-34-36-41(48)58-40(38-56-37-35-33-31-29-27-25-18-16-14-12-10-8-6-4-2)39-57-60(54,55)59-47-45(52)43(50)42(49)44(51)46(47)53/h5,7-8,10-11,13-14,16-17,19,21-22,24,26,40,42-47,49-53H,3-4,6,9,12,15,18,20,23,25,27-39H2,1-2H3,(H,54,55)/b7-5-,10-8-,13-11-,16-14-,19-17-,22-21-,26-24-. The lowest BCUT2D eigenvalue weighted by Crippen LogP contribution is -2.64. The van der Waals surface area contributed by atoms with Gasteiger partial charge in [-0.15, -0.1) is 0 Å². The molecule has 6 atom stereocenters. The van der Waals surface area contributed by atoms with E-state index in [1.54, 1.807) is 0 Å². The number of hydrogen-bond donors (Lipinski definition) is 6. The lowest BCUT2D eigenvalue weighted by Gasteiger charge is -2.41. The Morgan fingerprint density at radius 2 is 0.983 bits per heavy atom. The van der Waals surface area contributed by atoms with Crippen LogP contribution in [0.15, 0.2) is 85.1 Å². The van der Waals surface area contributed by atoms with Crippen molar-refractivity contribution in [3.63, 3.8) is 0 Å². The van der Waals surface area contributed by atoms with Gasteiger partial charge in [-0.05, 0) is 83.5 Å². The first kappa shape index (κ1) is 55.5. The quantitative estimate of drug-likeness (QED) is 0.0152. The topological polar surface area (TPSA) is 192 Å². The molecular formula is C47H79O12P. The van der Waals surface area contributed by atoms with Gasteiger partial charge in [0, 0.05) is 13.0 Å². The highest BCUT2D eigenvalue weighted by Crippen LogP contribution is 2.47. The second-order valence-corrected chi connectivity index (χ2v) is 16.6. The summed E-state index contributed by atoms with van der Waals surface area (Å²) in [5.41, 5.74) is 0. The monoisotopic (exact) mass is 867 g/mol. The van der Waals surface area contributed by atoms with E-state index in [4.69, 9.17) is 18.5 Å². The summed E-state index contributed by atoms with van der Waals surface area (Å²) in [6.45, 7) is 4.00. The highest BCUT2D eigenvalue weighted by atomic mass is 31.2. The summed E-state index contributed by atoms with van der Waals surface area (Å²) in [4.78, 5) is 23.1.